The third-order valence-corrected chi connectivity index (χ3v) is 14.9. The van der Waals surface area contributed by atoms with Crippen LogP contribution in [0.4, 0.5) is 0 Å². The summed E-state index contributed by atoms with van der Waals surface area (Å²) in [4.78, 5) is 37.4. The summed E-state index contributed by atoms with van der Waals surface area (Å²) in [5.74, 6) is 3.08. The number of hydrogen-bond acceptors (Lipinski definition) is 6. The topological polar surface area (TPSA) is 93.7 Å². The first-order chi connectivity index (χ1) is 23.4. The number of amides is 1. The summed E-state index contributed by atoms with van der Waals surface area (Å²) in [6.07, 6.45) is 16.6. The molecule has 5 aliphatic carbocycles. The summed E-state index contributed by atoms with van der Waals surface area (Å²) in [5, 5.41) is 6.79. The van der Waals surface area contributed by atoms with Crippen LogP contribution in [0.2, 0.25) is 0 Å². The number of rotatable bonds is 11. The molecule has 270 valence electrons. The molecule has 0 heterocycles. The number of esters is 2. The Kier molecular flexibility index (Phi) is 10.4. The highest BCUT2D eigenvalue weighted by Gasteiger charge is 2.66. The van der Waals surface area contributed by atoms with Crippen molar-refractivity contribution in [3.8, 4) is 0 Å². The summed E-state index contributed by atoms with van der Waals surface area (Å²) in [5.41, 5.74) is 3.71. The molecule has 0 bridgehead atoms. The Morgan fingerprint density at radius 1 is 0.776 bits per heavy atom. The number of methoxy groups -OCH3 is 2. The lowest BCUT2D eigenvalue weighted by molar-refractivity contribution is -0.181. The van der Waals surface area contributed by atoms with Crippen molar-refractivity contribution >= 4 is 23.4 Å². The molecule has 0 radical (unpaired) electrons. The van der Waals surface area contributed by atoms with Crippen molar-refractivity contribution in [3.05, 3.63) is 41.5 Å². The quantitative estimate of drug-likeness (QED) is 0.183. The lowest BCUT2D eigenvalue weighted by atomic mass is 9.36. The molecule has 0 saturated heterocycles. The minimum atomic E-state index is -0.286. The van der Waals surface area contributed by atoms with Gasteiger partial charge in [-0.25, -0.2) is 4.79 Å². The molecule has 1 aromatic carbocycles. The molecule has 5 aliphatic rings. The van der Waals surface area contributed by atoms with Crippen molar-refractivity contribution in [1.29, 1.82) is 0 Å². The lowest BCUT2D eigenvalue weighted by Crippen LogP contribution is -2.62. The molecule has 8 unspecified atom stereocenters. The third kappa shape index (κ3) is 6.29. The third-order valence-electron chi connectivity index (χ3n) is 14.9. The molecule has 0 spiro atoms. The molecule has 49 heavy (non-hydrogen) atoms. The van der Waals surface area contributed by atoms with E-state index in [-0.39, 0.29) is 28.2 Å². The van der Waals surface area contributed by atoms with E-state index in [1.54, 1.807) is 0 Å². The van der Waals surface area contributed by atoms with E-state index in [0.29, 0.717) is 59.4 Å². The number of allylic oxidation sites excluding steroid dienone is 2. The number of fused-ring (bicyclic) bond motifs is 7. The number of carbonyl (C=O) groups is 3. The highest BCUT2D eigenvalue weighted by Crippen LogP contribution is 2.73. The Morgan fingerprint density at radius 3 is 2.27 bits per heavy atom. The summed E-state index contributed by atoms with van der Waals surface area (Å²) in [6, 6.07) is 8.04. The first-order valence-electron chi connectivity index (χ1n) is 19.4. The minimum Gasteiger partial charge on any atom is -0.469 e. The molecule has 4 fully saturated rings. The SMILES string of the molecule is COC(=O)CCCNCCCNC(=O)C12CCCC1C1CCC3C(C)(CCC4C(C)(C)C(c5ccc(C(=O)OC)cc5)=CCC43C)C1CC2. The van der Waals surface area contributed by atoms with Gasteiger partial charge in [-0.15, -0.1) is 0 Å². The first-order valence-corrected chi connectivity index (χ1v) is 19.4. The van der Waals surface area contributed by atoms with Gasteiger partial charge in [-0.2, -0.15) is 0 Å². The number of ether oxygens (including phenoxy) is 2. The van der Waals surface area contributed by atoms with Gasteiger partial charge < -0.3 is 20.1 Å². The fraction of sp³-hybridized carbons (Fsp3) is 0.738. The molecule has 1 amide bonds. The molecule has 0 aliphatic heterocycles. The maximum Gasteiger partial charge on any atom is 0.337 e. The van der Waals surface area contributed by atoms with E-state index in [0.717, 1.165) is 45.2 Å². The summed E-state index contributed by atoms with van der Waals surface area (Å²) >= 11 is 0. The van der Waals surface area contributed by atoms with Crippen LogP contribution in [0.5, 0.6) is 0 Å². The van der Waals surface area contributed by atoms with E-state index in [1.165, 1.54) is 70.3 Å². The van der Waals surface area contributed by atoms with Crippen LogP contribution in [0.15, 0.2) is 30.3 Å². The zero-order valence-electron chi connectivity index (χ0n) is 31.1. The van der Waals surface area contributed by atoms with Crippen LogP contribution >= 0.6 is 0 Å². The monoisotopic (exact) mass is 674 g/mol. The Labute approximate surface area is 295 Å². The van der Waals surface area contributed by atoms with E-state index in [1.807, 2.05) is 12.1 Å². The highest BCUT2D eigenvalue weighted by molar-refractivity contribution is 5.90. The molecular formula is C42H62N2O5. The number of benzene rings is 1. The van der Waals surface area contributed by atoms with Crippen LogP contribution in [-0.2, 0) is 19.1 Å². The fourth-order valence-corrected chi connectivity index (χ4v) is 12.8. The van der Waals surface area contributed by atoms with E-state index < -0.39 is 0 Å². The second kappa shape index (κ2) is 14.2. The van der Waals surface area contributed by atoms with Gasteiger partial charge in [0.25, 0.3) is 0 Å². The van der Waals surface area contributed by atoms with Crippen LogP contribution in [0.25, 0.3) is 5.57 Å². The van der Waals surface area contributed by atoms with Gasteiger partial charge in [0.15, 0.2) is 0 Å². The van der Waals surface area contributed by atoms with Crippen molar-refractivity contribution < 1.29 is 23.9 Å². The first kappa shape index (κ1) is 36.1. The van der Waals surface area contributed by atoms with Gasteiger partial charge in [0, 0.05) is 13.0 Å². The normalized spacial score (nSPS) is 35.9. The van der Waals surface area contributed by atoms with Crippen LogP contribution < -0.4 is 10.6 Å². The van der Waals surface area contributed by atoms with Crippen molar-refractivity contribution in [2.24, 2.45) is 51.2 Å². The van der Waals surface area contributed by atoms with E-state index in [4.69, 9.17) is 9.47 Å². The van der Waals surface area contributed by atoms with Gasteiger partial charge in [-0.05, 0) is 153 Å². The molecule has 2 N–H and O–H groups in total. The number of carbonyl (C=O) groups excluding carboxylic acids is 3. The predicted octanol–water partition coefficient (Wildman–Crippen LogP) is 7.98. The second-order valence-electron chi connectivity index (χ2n) is 17.3. The Balaban J connectivity index is 1.11. The average Bonchev–Trinajstić information content (AvgIpc) is 3.54. The molecule has 7 nitrogen and oxygen atoms in total. The number of hydrogen-bond donors (Lipinski definition) is 2. The molecule has 8 atom stereocenters. The Hall–Kier alpha value is -2.67. The van der Waals surface area contributed by atoms with Crippen molar-refractivity contribution in [2.75, 3.05) is 33.9 Å². The van der Waals surface area contributed by atoms with E-state index >= 15 is 0 Å². The second-order valence-corrected chi connectivity index (χ2v) is 17.3. The van der Waals surface area contributed by atoms with Gasteiger partial charge in [0.1, 0.15) is 0 Å². The Bertz CT molecular complexity index is 1420. The smallest absolute Gasteiger partial charge is 0.337 e. The van der Waals surface area contributed by atoms with Gasteiger partial charge in [-0.1, -0.05) is 52.3 Å². The minimum absolute atomic E-state index is 0.0434. The molecule has 0 aromatic heterocycles. The van der Waals surface area contributed by atoms with Crippen LogP contribution in [-0.4, -0.2) is 51.7 Å². The molecule has 4 saturated carbocycles. The standard InChI is InChI=1S/C42H62N2O5/c1-39(2)31(28-12-14-29(15-13-28)37(46)49-6)18-22-41(4)34(39)20-23-40(3)32-19-24-42(21-7-10-33(42)30(32)16-17-35(40)41)38(47)44-27-9-26-43-25-8-11-36(45)48-5/h12-15,18,30,32-35,43H,7-11,16-17,19-27H2,1-6H3,(H,44,47). The van der Waals surface area contributed by atoms with Crippen LogP contribution in [0, 0.1) is 51.2 Å². The summed E-state index contributed by atoms with van der Waals surface area (Å²) in [7, 11) is 2.86. The fourth-order valence-electron chi connectivity index (χ4n) is 12.8. The zero-order valence-corrected chi connectivity index (χ0v) is 31.1. The summed E-state index contributed by atoms with van der Waals surface area (Å²) in [6.45, 7) is 12.6. The van der Waals surface area contributed by atoms with Gasteiger partial charge in [0.05, 0.1) is 25.2 Å². The average molecular weight is 675 g/mol. The van der Waals surface area contributed by atoms with Crippen molar-refractivity contribution in [2.45, 2.75) is 111 Å². The summed E-state index contributed by atoms with van der Waals surface area (Å²) < 4.78 is 9.65. The van der Waals surface area contributed by atoms with Gasteiger partial charge >= 0.3 is 11.9 Å². The maximum absolute atomic E-state index is 14.0. The molecule has 1 aromatic rings. The maximum atomic E-state index is 14.0. The molecule has 6 rings (SSSR count). The Morgan fingerprint density at radius 2 is 1.53 bits per heavy atom. The molecule has 7 heteroatoms. The largest absolute Gasteiger partial charge is 0.469 e. The lowest BCUT2D eigenvalue weighted by Gasteiger charge is -2.68. The molecular weight excluding hydrogens is 612 g/mol. The van der Waals surface area contributed by atoms with Crippen LogP contribution in [0.1, 0.15) is 127 Å². The number of nitrogens with one attached hydrogen (secondary N) is 2. The predicted molar refractivity (Wildman–Crippen MR) is 194 cm³/mol. The van der Waals surface area contributed by atoms with Crippen LogP contribution in [0.3, 0.4) is 0 Å². The van der Waals surface area contributed by atoms with Gasteiger partial charge in [-0.3, -0.25) is 9.59 Å². The zero-order chi connectivity index (χ0) is 35.0. The highest BCUT2D eigenvalue weighted by atomic mass is 16.5. The van der Waals surface area contributed by atoms with Crippen molar-refractivity contribution in [1.82, 2.24) is 10.6 Å². The van der Waals surface area contributed by atoms with E-state index in [9.17, 15) is 14.4 Å². The van der Waals surface area contributed by atoms with Crippen molar-refractivity contribution in [3.63, 3.8) is 0 Å². The van der Waals surface area contributed by atoms with Gasteiger partial charge in [0.2, 0.25) is 5.91 Å². The van der Waals surface area contributed by atoms with E-state index in [2.05, 4.69) is 56.5 Å².